The van der Waals surface area contributed by atoms with Gasteiger partial charge in [-0.1, -0.05) is 32.1 Å². The maximum atomic E-state index is 13.2. The van der Waals surface area contributed by atoms with E-state index in [9.17, 15) is 18.0 Å². The van der Waals surface area contributed by atoms with Crippen LogP contribution in [0.3, 0.4) is 0 Å². The van der Waals surface area contributed by atoms with Crippen molar-refractivity contribution in [3.05, 3.63) is 39.0 Å². The monoisotopic (exact) mass is 407 g/mol. The topological polar surface area (TPSA) is 81.4 Å². The fourth-order valence-corrected chi connectivity index (χ4v) is 5.59. The van der Waals surface area contributed by atoms with Crippen molar-refractivity contribution in [3.8, 4) is 0 Å². The van der Waals surface area contributed by atoms with Crippen molar-refractivity contribution in [3.63, 3.8) is 0 Å². The summed E-state index contributed by atoms with van der Waals surface area (Å²) in [5.41, 5.74) is -0.510. The second kappa shape index (κ2) is 7.83. The Hall–Kier alpha value is -1.93. The van der Waals surface area contributed by atoms with Crippen LogP contribution in [0, 0.1) is 5.92 Å². The summed E-state index contributed by atoms with van der Waals surface area (Å²) in [5.74, 6) is 0.569. The van der Waals surface area contributed by atoms with Crippen LogP contribution in [0.4, 0.5) is 0 Å². The van der Waals surface area contributed by atoms with E-state index < -0.39 is 21.3 Å². The van der Waals surface area contributed by atoms with Gasteiger partial charge in [-0.2, -0.15) is 4.31 Å². The van der Waals surface area contributed by atoms with Crippen LogP contribution in [0.5, 0.6) is 0 Å². The highest BCUT2D eigenvalue weighted by Gasteiger charge is 2.28. The van der Waals surface area contributed by atoms with Gasteiger partial charge in [-0.25, -0.2) is 13.2 Å². The molecule has 1 aliphatic rings. The van der Waals surface area contributed by atoms with Crippen molar-refractivity contribution in [1.82, 2.24) is 13.4 Å². The number of rotatable bonds is 5. The van der Waals surface area contributed by atoms with Crippen LogP contribution < -0.4 is 11.2 Å². The first-order chi connectivity index (χ1) is 13.1. The molecule has 1 fully saturated rings. The number of fused-ring (bicyclic) bond motifs is 1. The lowest BCUT2D eigenvalue weighted by atomic mass is 9.85. The molecular formula is C20H29N3O4S. The van der Waals surface area contributed by atoms with Crippen molar-refractivity contribution in [1.29, 1.82) is 0 Å². The summed E-state index contributed by atoms with van der Waals surface area (Å²) in [6.07, 6.45) is 6.89. The number of aryl methyl sites for hydroxylation is 1. The zero-order valence-electron chi connectivity index (χ0n) is 17.0. The molecule has 0 saturated heterocycles. The molecule has 0 bridgehead atoms. The van der Waals surface area contributed by atoms with Crippen molar-refractivity contribution in [2.75, 3.05) is 7.05 Å². The van der Waals surface area contributed by atoms with Gasteiger partial charge in [-0.15, -0.1) is 0 Å². The maximum absolute atomic E-state index is 13.2. The van der Waals surface area contributed by atoms with Crippen LogP contribution in [-0.2, 0) is 24.1 Å². The van der Waals surface area contributed by atoms with Crippen LogP contribution in [0.25, 0.3) is 10.9 Å². The number of sulfonamides is 1. The first-order valence-corrected chi connectivity index (χ1v) is 11.3. The van der Waals surface area contributed by atoms with E-state index in [1.54, 1.807) is 14.1 Å². The standard InChI is InChI=1S/C20H29N3O4S/c1-14(12-15-8-6-5-7-9-15)23(4)28(26,27)16-10-11-18-17(13-16)19(24)22(3)20(25)21(18)2/h10-11,13-15H,5-9,12H2,1-4H3/t14-/m0/s1. The molecule has 0 unspecified atom stereocenters. The Morgan fingerprint density at radius 3 is 2.39 bits per heavy atom. The first-order valence-electron chi connectivity index (χ1n) is 9.82. The van der Waals surface area contributed by atoms with E-state index >= 15 is 0 Å². The third-order valence-electron chi connectivity index (χ3n) is 6.14. The van der Waals surface area contributed by atoms with E-state index in [1.165, 1.54) is 53.4 Å². The average molecular weight is 408 g/mol. The van der Waals surface area contributed by atoms with Gasteiger partial charge in [0.2, 0.25) is 10.0 Å². The number of nitrogens with zero attached hydrogens (tertiary/aromatic N) is 3. The molecular weight excluding hydrogens is 378 g/mol. The Morgan fingerprint density at radius 1 is 1.11 bits per heavy atom. The highest BCUT2D eigenvalue weighted by Crippen LogP contribution is 2.30. The minimum absolute atomic E-state index is 0.0775. The van der Waals surface area contributed by atoms with Crippen LogP contribution in [0.1, 0.15) is 45.4 Å². The van der Waals surface area contributed by atoms with Crippen LogP contribution in [0.15, 0.2) is 32.7 Å². The van der Waals surface area contributed by atoms with Crippen molar-refractivity contribution < 1.29 is 8.42 Å². The van der Waals surface area contributed by atoms with Gasteiger partial charge >= 0.3 is 5.69 Å². The summed E-state index contributed by atoms with van der Waals surface area (Å²) in [7, 11) is 0.826. The summed E-state index contributed by atoms with van der Waals surface area (Å²) in [6, 6.07) is 4.27. The van der Waals surface area contributed by atoms with Crippen molar-refractivity contribution in [2.45, 2.75) is 56.4 Å². The highest BCUT2D eigenvalue weighted by atomic mass is 32.2. The Bertz CT molecular complexity index is 1090. The summed E-state index contributed by atoms with van der Waals surface area (Å²) >= 11 is 0. The quantitative estimate of drug-likeness (QED) is 0.761. The third-order valence-corrected chi connectivity index (χ3v) is 8.10. The Balaban J connectivity index is 1.95. The van der Waals surface area contributed by atoms with E-state index in [-0.39, 0.29) is 16.3 Å². The minimum Gasteiger partial charge on any atom is -0.296 e. The molecule has 1 aromatic carbocycles. The average Bonchev–Trinajstić information content (AvgIpc) is 2.70. The van der Waals surface area contributed by atoms with E-state index in [4.69, 9.17) is 0 Å². The summed E-state index contributed by atoms with van der Waals surface area (Å²) < 4.78 is 30.1. The second-order valence-corrected chi connectivity index (χ2v) is 9.99. The van der Waals surface area contributed by atoms with Gasteiger partial charge in [0.25, 0.3) is 5.56 Å². The molecule has 1 aromatic heterocycles. The molecule has 7 nitrogen and oxygen atoms in total. The lowest BCUT2D eigenvalue weighted by Gasteiger charge is -2.30. The van der Waals surface area contributed by atoms with Gasteiger partial charge in [0.1, 0.15) is 0 Å². The first kappa shape index (κ1) is 20.8. The third kappa shape index (κ3) is 3.67. The summed E-state index contributed by atoms with van der Waals surface area (Å²) in [4.78, 5) is 24.6. The predicted octanol–water partition coefficient (Wildman–Crippen LogP) is 2.22. The fourth-order valence-electron chi connectivity index (χ4n) is 4.19. The number of hydrogen-bond donors (Lipinski definition) is 0. The summed E-state index contributed by atoms with van der Waals surface area (Å²) in [5, 5.41) is 0.221. The molecule has 2 aromatic rings. The van der Waals surface area contributed by atoms with E-state index in [0.717, 1.165) is 23.8 Å². The molecule has 0 N–H and O–H groups in total. The van der Waals surface area contributed by atoms with Gasteiger partial charge in [-0.05, 0) is 37.5 Å². The molecule has 1 aliphatic carbocycles. The molecule has 154 valence electrons. The van der Waals surface area contributed by atoms with Crippen molar-refractivity contribution in [2.24, 2.45) is 20.0 Å². The zero-order chi connectivity index (χ0) is 20.6. The van der Waals surface area contributed by atoms with Gasteiger partial charge in [0.05, 0.1) is 15.8 Å². The van der Waals surface area contributed by atoms with Gasteiger partial charge in [0, 0.05) is 27.2 Å². The van der Waals surface area contributed by atoms with E-state index in [1.807, 2.05) is 6.92 Å². The number of benzene rings is 1. The van der Waals surface area contributed by atoms with Gasteiger partial charge in [0.15, 0.2) is 0 Å². The SMILES string of the molecule is C[C@@H](CC1CCCCC1)N(C)S(=O)(=O)c1ccc2c(c1)c(=O)n(C)c(=O)n2C. The maximum Gasteiger partial charge on any atom is 0.330 e. The molecule has 28 heavy (non-hydrogen) atoms. The molecule has 0 amide bonds. The molecule has 1 saturated carbocycles. The fraction of sp³-hybridized carbons (Fsp3) is 0.600. The van der Waals surface area contributed by atoms with Crippen LogP contribution >= 0.6 is 0 Å². The second-order valence-electron chi connectivity index (χ2n) is 7.99. The van der Waals surface area contributed by atoms with Crippen LogP contribution in [-0.4, -0.2) is 34.9 Å². The molecule has 0 spiro atoms. The lowest BCUT2D eigenvalue weighted by Crippen LogP contribution is -2.38. The Kier molecular flexibility index (Phi) is 5.82. The largest absolute Gasteiger partial charge is 0.330 e. The molecule has 0 radical (unpaired) electrons. The minimum atomic E-state index is -3.74. The molecule has 0 aliphatic heterocycles. The highest BCUT2D eigenvalue weighted by molar-refractivity contribution is 7.89. The molecule has 1 atom stereocenters. The molecule has 3 rings (SSSR count). The molecule has 8 heteroatoms. The van der Waals surface area contributed by atoms with E-state index in [0.29, 0.717) is 11.4 Å². The van der Waals surface area contributed by atoms with E-state index in [2.05, 4.69) is 0 Å². The number of aromatic nitrogens is 2. The Morgan fingerprint density at radius 2 is 1.75 bits per heavy atom. The smallest absolute Gasteiger partial charge is 0.296 e. The zero-order valence-corrected chi connectivity index (χ0v) is 17.8. The normalized spacial score (nSPS) is 17.3. The van der Waals surface area contributed by atoms with Gasteiger partial charge in [-0.3, -0.25) is 13.9 Å². The predicted molar refractivity (Wildman–Crippen MR) is 110 cm³/mol. The lowest BCUT2D eigenvalue weighted by molar-refractivity contribution is 0.267. The number of hydrogen-bond acceptors (Lipinski definition) is 4. The Labute approximate surface area is 165 Å². The molecule has 1 heterocycles. The summed E-state index contributed by atoms with van der Waals surface area (Å²) in [6.45, 7) is 1.94. The van der Waals surface area contributed by atoms with Crippen LogP contribution in [0.2, 0.25) is 0 Å². The van der Waals surface area contributed by atoms with Gasteiger partial charge < -0.3 is 0 Å². The van der Waals surface area contributed by atoms with Crippen molar-refractivity contribution >= 4 is 20.9 Å².